The topological polar surface area (TPSA) is 38.7 Å². The summed E-state index contributed by atoms with van der Waals surface area (Å²) < 4.78 is 11.4. The molecule has 102 valence electrons. The van der Waals surface area contributed by atoms with Crippen LogP contribution in [0.25, 0.3) is 0 Å². The van der Waals surface area contributed by atoms with Crippen molar-refractivity contribution < 1.29 is 14.6 Å². The highest BCUT2D eigenvalue weighted by Crippen LogP contribution is 2.60. The first kappa shape index (κ1) is 11.6. The number of phenolic OH excluding ortho intramolecular Hbond substituents is 1. The van der Waals surface area contributed by atoms with E-state index in [4.69, 9.17) is 9.47 Å². The van der Waals surface area contributed by atoms with E-state index >= 15 is 0 Å². The Labute approximate surface area is 113 Å². The lowest BCUT2D eigenvalue weighted by Crippen LogP contribution is -2.34. The van der Waals surface area contributed by atoms with Gasteiger partial charge in [0.05, 0.1) is 13.2 Å². The van der Waals surface area contributed by atoms with E-state index < -0.39 is 0 Å². The number of fused-ring (bicyclic) bond motifs is 6. The highest BCUT2D eigenvalue weighted by molar-refractivity contribution is 5.66. The SMILES string of the molecule is COc1c(O)c2c(c3c1C1OCCCC31)CCCC2. The van der Waals surface area contributed by atoms with Crippen molar-refractivity contribution in [3.05, 3.63) is 22.3 Å². The molecule has 1 saturated heterocycles. The van der Waals surface area contributed by atoms with E-state index in [1.54, 1.807) is 7.11 Å². The lowest BCUT2D eigenvalue weighted by Gasteiger charge is -2.46. The number of phenols is 1. The molecule has 0 radical (unpaired) electrons. The normalized spacial score (nSPS) is 27.8. The third-order valence-electron chi connectivity index (χ3n) is 5.01. The Bertz CT molecular complexity index is 536. The Morgan fingerprint density at radius 3 is 2.68 bits per heavy atom. The third kappa shape index (κ3) is 1.42. The zero-order chi connectivity index (χ0) is 13.0. The van der Waals surface area contributed by atoms with Crippen LogP contribution in [0.15, 0.2) is 0 Å². The maximum atomic E-state index is 10.5. The van der Waals surface area contributed by atoms with Gasteiger partial charge in [-0.1, -0.05) is 0 Å². The molecule has 1 N–H and O–H groups in total. The zero-order valence-corrected chi connectivity index (χ0v) is 11.4. The number of hydrogen-bond acceptors (Lipinski definition) is 3. The minimum absolute atomic E-state index is 0.164. The molecule has 0 spiro atoms. The van der Waals surface area contributed by atoms with Crippen LogP contribution in [0.4, 0.5) is 0 Å². The molecule has 3 heteroatoms. The van der Waals surface area contributed by atoms with Gasteiger partial charge in [0, 0.05) is 23.7 Å². The van der Waals surface area contributed by atoms with Gasteiger partial charge in [-0.3, -0.25) is 0 Å². The maximum Gasteiger partial charge on any atom is 0.166 e. The lowest BCUT2D eigenvalue weighted by atomic mass is 9.65. The summed E-state index contributed by atoms with van der Waals surface area (Å²) in [6, 6.07) is 0. The fourth-order valence-electron chi connectivity index (χ4n) is 4.19. The van der Waals surface area contributed by atoms with Crippen LogP contribution in [0.5, 0.6) is 11.5 Å². The van der Waals surface area contributed by atoms with Crippen molar-refractivity contribution >= 4 is 0 Å². The minimum atomic E-state index is 0.164. The summed E-state index contributed by atoms with van der Waals surface area (Å²) in [7, 11) is 1.65. The van der Waals surface area contributed by atoms with Crippen molar-refractivity contribution in [2.45, 2.75) is 50.5 Å². The van der Waals surface area contributed by atoms with E-state index in [-0.39, 0.29) is 6.10 Å². The highest BCUT2D eigenvalue weighted by Gasteiger charge is 2.46. The van der Waals surface area contributed by atoms with Crippen LogP contribution < -0.4 is 4.74 Å². The fraction of sp³-hybridized carbons (Fsp3) is 0.625. The van der Waals surface area contributed by atoms with Gasteiger partial charge in [-0.05, 0) is 49.7 Å². The molecule has 1 fully saturated rings. The van der Waals surface area contributed by atoms with Gasteiger partial charge >= 0.3 is 0 Å². The van der Waals surface area contributed by atoms with Gasteiger partial charge in [-0.25, -0.2) is 0 Å². The number of ether oxygens (including phenoxy) is 2. The molecule has 1 heterocycles. The minimum Gasteiger partial charge on any atom is -0.504 e. The largest absolute Gasteiger partial charge is 0.504 e. The molecular formula is C16H20O3. The number of hydrogen-bond donors (Lipinski definition) is 1. The molecule has 1 aromatic rings. The first-order valence-corrected chi connectivity index (χ1v) is 7.39. The molecule has 0 aromatic heterocycles. The number of aromatic hydroxyl groups is 1. The molecule has 2 unspecified atom stereocenters. The molecule has 0 saturated carbocycles. The summed E-state index contributed by atoms with van der Waals surface area (Å²) >= 11 is 0. The Hall–Kier alpha value is -1.22. The average Bonchev–Trinajstić information content (AvgIpc) is 2.45. The van der Waals surface area contributed by atoms with Crippen LogP contribution in [0, 0.1) is 0 Å². The van der Waals surface area contributed by atoms with E-state index in [2.05, 4.69) is 0 Å². The number of benzene rings is 1. The Morgan fingerprint density at radius 1 is 1.11 bits per heavy atom. The smallest absolute Gasteiger partial charge is 0.166 e. The second-order valence-corrected chi connectivity index (χ2v) is 5.91. The van der Waals surface area contributed by atoms with Crippen LogP contribution in [0.1, 0.15) is 60.0 Å². The standard InChI is InChI=1S/C16H20O3/c1-18-16-13-12(11-7-4-8-19-15(11)13)9-5-2-3-6-10(9)14(16)17/h11,15,17H,2-8H2,1H3. The predicted octanol–water partition coefficient (Wildman–Crippen LogP) is 3.23. The summed E-state index contributed by atoms with van der Waals surface area (Å²) in [5, 5.41) is 10.5. The fourth-order valence-corrected chi connectivity index (χ4v) is 4.19. The van der Waals surface area contributed by atoms with Gasteiger partial charge < -0.3 is 14.6 Å². The molecule has 3 aliphatic rings. The Kier molecular flexibility index (Phi) is 2.52. The Balaban J connectivity index is 1.94. The summed E-state index contributed by atoms with van der Waals surface area (Å²) in [6.45, 7) is 0.835. The van der Waals surface area contributed by atoms with Gasteiger partial charge in [0.1, 0.15) is 0 Å². The second-order valence-electron chi connectivity index (χ2n) is 5.91. The maximum absolute atomic E-state index is 10.5. The van der Waals surface area contributed by atoms with Gasteiger partial charge in [0.2, 0.25) is 0 Å². The zero-order valence-electron chi connectivity index (χ0n) is 11.4. The lowest BCUT2D eigenvalue weighted by molar-refractivity contribution is -0.0246. The molecule has 2 atom stereocenters. The van der Waals surface area contributed by atoms with Gasteiger partial charge in [0.25, 0.3) is 0 Å². The molecule has 2 aliphatic carbocycles. The van der Waals surface area contributed by atoms with Crippen LogP contribution >= 0.6 is 0 Å². The van der Waals surface area contributed by atoms with E-state index in [0.29, 0.717) is 17.4 Å². The molecule has 0 bridgehead atoms. The molecule has 19 heavy (non-hydrogen) atoms. The summed E-state index contributed by atoms with van der Waals surface area (Å²) in [6.07, 6.45) is 7.05. The number of rotatable bonds is 1. The monoisotopic (exact) mass is 260 g/mol. The summed E-state index contributed by atoms with van der Waals surface area (Å²) in [5.41, 5.74) is 5.15. The first-order valence-electron chi connectivity index (χ1n) is 7.39. The quantitative estimate of drug-likeness (QED) is 0.842. The Morgan fingerprint density at radius 2 is 1.89 bits per heavy atom. The van der Waals surface area contributed by atoms with E-state index in [1.165, 1.54) is 30.4 Å². The van der Waals surface area contributed by atoms with Crippen LogP contribution in [-0.2, 0) is 17.6 Å². The molecule has 1 aromatic carbocycles. The molecule has 4 rings (SSSR count). The summed E-state index contributed by atoms with van der Waals surface area (Å²) in [5.74, 6) is 1.60. The van der Waals surface area contributed by atoms with Crippen molar-refractivity contribution in [2.75, 3.05) is 13.7 Å². The van der Waals surface area contributed by atoms with Crippen LogP contribution in [0.2, 0.25) is 0 Å². The molecule has 1 aliphatic heterocycles. The first-order chi connectivity index (χ1) is 9.33. The summed E-state index contributed by atoms with van der Waals surface area (Å²) in [4.78, 5) is 0. The predicted molar refractivity (Wildman–Crippen MR) is 72.0 cm³/mol. The van der Waals surface area contributed by atoms with Crippen LogP contribution in [0.3, 0.4) is 0 Å². The van der Waals surface area contributed by atoms with Crippen molar-refractivity contribution in [1.82, 2.24) is 0 Å². The highest BCUT2D eigenvalue weighted by atomic mass is 16.5. The van der Waals surface area contributed by atoms with E-state index in [0.717, 1.165) is 37.0 Å². The van der Waals surface area contributed by atoms with Crippen molar-refractivity contribution in [1.29, 1.82) is 0 Å². The third-order valence-corrected chi connectivity index (χ3v) is 5.01. The average molecular weight is 260 g/mol. The van der Waals surface area contributed by atoms with Crippen molar-refractivity contribution in [2.24, 2.45) is 0 Å². The van der Waals surface area contributed by atoms with Crippen molar-refractivity contribution in [3.63, 3.8) is 0 Å². The number of methoxy groups -OCH3 is 1. The molecular weight excluding hydrogens is 240 g/mol. The van der Waals surface area contributed by atoms with Gasteiger partial charge in [0.15, 0.2) is 11.5 Å². The van der Waals surface area contributed by atoms with Gasteiger partial charge in [-0.2, -0.15) is 0 Å². The van der Waals surface area contributed by atoms with Gasteiger partial charge in [-0.15, -0.1) is 0 Å². The molecule has 0 amide bonds. The van der Waals surface area contributed by atoms with E-state index in [9.17, 15) is 5.11 Å². The van der Waals surface area contributed by atoms with Crippen molar-refractivity contribution in [3.8, 4) is 11.5 Å². The van der Waals surface area contributed by atoms with E-state index in [1.807, 2.05) is 0 Å². The molecule has 3 nitrogen and oxygen atoms in total. The second kappa shape index (κ2) is 4.14. The van der Waals surface area contributed by atoms with Crippen LogP contribution in [-0.4, -0.2) is 18.8 Å².